The second kappa shape index (κ2) is 7.56. The number of rotatable bonds is 4. The second-order valence-electron chi connectivity index (χ2n) is 6.20. The summed E-state index contributed by atoms with van der Waals surface area (Å²) in [5, 5.41) is 3.47. The topological polar surface area (TPSA) is 66.5 Å². The van der Waals surface area contributed by atoms with Gasteiger partial charge in [-0.05, 0) is 50.1 Å². The molecule has 3 rings (SSSR count). The van der Waals surface area contributed by atoms with Crippen molar-refractivity contribution < 1.29 is 13.2 Å². The van der Waals surface area contributed by atoms with Crippen molar-refractivity contribution in [2.45, 2.75) is 30.7 Å². The van der Waals surface area contributed by atoms with E-state index in [2.05, 4.69) is 5.32 Å². The number of hydrogen-bond donors (Lipinski definition) is 1. The average Bonchev–Trinajstić information content (AvgIpc) is 3.09. The van der Waals surface area contributed by atoms with E-state index in [1.807, 2.05) is 6.92 Å². The minimum absolute atomic E-state index is 0.184. The van der Waals surface area contributed by atoms with E-state index in [9.17, 15) is 13.2 Å². The summed E-state index contributed by atoms with van der Waals surface area (Å²) in [5.74, 6) is -0.414. The van der Waals surface area contributed by atoms with Gasteiger partial charge in [-0.2, -0.15) is 4.31 Å². The highest BCUT2D eigenvalue weighted by Crippen LogP contribution is 2.29. The monoisotopic (exact) mass is 412 g/mol. The van der Waals surface area contributed by atoms with Gasteiger partial charge in [-0.3, -0.25) is 4.79 Å². The third-order valence-corrected chi connectivity index (χ3v) is 6.81. The fraction of sp³-hybridized carbons (Fsp3) is 0.278. The Bertz CT molecular complexity index is 930. The Morgan fingerprint density at radius 3 is 2.54 bits per heavy atom. The Labute approximate surface area is 163 Å². The van der Waals surface area contributed by atoms with Crippen LogP contribution >= 0.6 is 23.2 Å². The molecular weight excluding hydrogens is 395 g/mol. The Hall–Kier alpha value is -1.60. The molecule has 2 aromatic carbocycles. The van der Waals surface area contributed by atoms with E-state index in [0.29, 0.717) is 35.1 Å². The molecule has 0 aromatic heterocycles. The molecule has 0 radical (unpaired) electrons. The van der Waals surface area contributed by atoms with Crippen LogP contribution < -0.4 is 5.32 Å². The fourth-order valence-corrected chi connectivity index (χ4v) is 4.94. The fourth-order valence-electron chi connectivity index (χ4n) is 2.94. The number of halogens is 2. The highest BCUT2D eigenvalue weighted by atomic mass is 35.5. The highest BCUT2D eigenvalue weighted by Gasteiger charge is 2.39. The van der Waals surface area contributed by atoms with E-state index >= 15 is 0 Å². The van der Waals surface area contributed by atoms with Crippen LogP contribution in [0.4, 0.5) is 5.69 Å². The number of anilines is 1. The molecule has 1 saturated heterocycles. The summed E-state index contributed by atoms with van der Waals surface area (Å²) in [6.07, 6.45) is 1.07. The van der Waals surface area contributed by atoms with Crippen LogP contribution in [0, 0.1) is 6.92 Å². The normalized spacial score (nSPS) is 18.0. The third kappa shape index (κ3) is 3.88. The van der Waals surface area contributed by atoms with E-state index in [1.165, 1.54) is 10.4 Å². The lowest BCUT2D eigenvalue weighted by Gasteiger charge is -2.23. The Morgan fingerprint density at radius 1 is 1.15 bits per heavy atom. The number of carbonyl (C=O) groups excluding carboxylic acids is 1. The maximum Gasteiger partial charge on any atom is 0.243 e. The van der Waals surface area contributed by atoms with Crippen molar-refractivity contribution in [3.05, 3.63) is 58.1 Å². The zero-order valence-corrected chi connectivity index (χ0v) is 16.4. The molecule has 1 aliphatic rings. The first kappa shape index (κ1) is 19.2. The number of sulfonamides is 1. The van der Waals surface area contributed by atoms with Crippen molar-refractivity contribution in [3.63, 3.8) is 0 Å². The predicted octanol–water partition coefficient (Wildman–Crippen LogP) is 4.09. The summed E-state index contributed by atoms with van der Waals surface area (Å²) < 4.78 is 27.1. The molecule has 2 aromatic rings. The molecule has 0 saturated carbocycles. The lowest BCUT2D eigenvalue weighted by Crippen LogP contribution is -2.43. The predicted molar refractivity (Wildman–Crippen MR) is 103 cm³/mol. The van der Waals surface area contributed by atoms with Gasteiger partial charge in [-0.25, -0.2) is 8.42 Å². The summed E-state index contributed by atoms with van der Waals surface area (Å²) >= 11 is 12.0. The number of carbonyl (C=O) groups is 1. The zero-order chi connectivity index (χ0) is 18.9. The number of benzene rings is 2. The molecule has 0 unspecified atom stereocenters. The van der Waals surface area contributed by atoms with Crippen LogP contribution in [0.1, 0.15) is 18.4 Å². The van der Waals surface area contributed by atoms with Crippen LogP contribution in [0.2, 0.25) is 10.0 Å². The molecular formula is C18H18Cl2N2O3S. The van der Waals surface area contributed by atoms with Gasteiger partial charge in [0.15, 0.2) is 0 Å². The first-order valence-electron chi connectivity index (χ1n) is 8.13. The minimum atomic E-state index is -3.75. The second-order valence-corrected chi connectivity index (χ2v) is 8.93. The van der Waals surface area contributed by atoms with Crippen molar-refractivity contribution in [1.29, 1.82) is 0 Å². The van der Waals surface area contributed by atoms with E-state index in [4.69, 9.17) is 23.2 Å². The van der Waals surface area contributed by atoms with E-state index in [0.717, 1.165) is 5.56 Å². The maximum atomic E-state index is 12.9. The molecule has 1 N–H and O–H groups in total. The number of aryl methyl sites for hydroxylation is 1. The molecule has 138 valence electrons. The van der Waals surface area contributed by atoms with Crippen molar-refractivity contribution in [3.8, 4) is 0 Å². The first-order valence-corrected chi connectivity index (χ1v) is 10.3. The van der Waals surface area contributed by atoms with Crippen LogP contribution in [0.15, 0.2) is 47.4 Å². The van der Waals surface area contributed by atoms with Crippen LogP contribution in [-0.4, -0.2) is 31.2 Å². The Morgan fingerprint density at radius 2 is 1.85 bits per heavy atom. The van der Waals surface area contributed by atoms with Gasteiger partial charge in [0.2, 0.25) is 15.9 Å². The number of amides is 1. The molecule has 1 amide bonds. The lowest BCUT2D eigenvalue weighted by atomic mass is 10.2. The molecule has 0 aliphatic carbocycles. The van der Waals surface area contributed by atoms with E-state index in [1.54, 1.807) is 36.4 Å². The summed E-state index contributed by atoms with van der Waals surface area (Å²) in [5.41, 5.74) is 1.33. The molecule has 26 heavy (non-hydrogen) atoms. The first-order chi connectivity index (χ1) is 12.3. The van der Waals surface area contributed by atoms with Gasteiger partial charge in [0.1, 0.15) is 6.04 Å². The lowest BCUT2D eigenvalue weighted by molar-refractivity contribution is -0.119. The SMILES string of the molecule is Cc1ccc(S(=O)(=O)N2CCC[C@@H]2C(=O)Nc2cc(Cl)ccc2Cl)cc1. The molecule has 1 heterocycles. The Balaban J connectivity index is 1.84. The molecule has 0 spiro atoms. The largest absolute Gasteiger partial charge is 0.323 e. The minimum Gasteiger partial charge on any atom is -0.323 e. The summed E-state index contributed by atoms with van der Waals surface area (Å²) in [7, 11) is -3.75. The van der Waals surface area contributed by atoms with Gasteiger partial charge in [-0.1, -0.05) is 40.9 Å². The smallest absolute Gasteiger partial charge is 0.243 e. The highest BCUT2D eigenvalue weighted by molar-refractivity contribution is 7.89. The van der Waals surface area contributed by atoms with Gasteiger partial charge < -0.3 is 5.32 Å². The van der Waals surface area contributed by atoms with E-state index in [-0.39, 0.29) is 4.90 Å². The summed E-state index contributed by atoms with van der Waals surface area (Å²) in [6.45, 7) is 2.19. The van der Waals surface area contributed by atoms with Gasteiger partial charge in [0.25, 0.3) is 0 Å². The molecule has 1 fully saturated rings. The number of nitrogens with zero attached hydrogens (tertiary/aromatic N) is 1. The van der Waals surface area contributed by atoms with Gasteiger partial charge >= 0.3 is 0 Å². The van der Waals surface area contributed by atoms with Crippen molar-refractivity contribution in [1.82, 2.24) is 4.31 Å². The van der Waals surface area contributed by atoms with Gasteiger partial charge in [0.05, 0.1) is 15.6 Å². The molecule has 1 aliphatic heterocycles. The Kier molecular flexibility index (Phi) is 5.58. The quantitative estimate of drug-likeness (QED) is 0.821. The molecule has 8 heteroatoms. The van der Waals surface area contributed by atoms with Crippen LogP contribution in [0.25, 0.3) is 0 Å². The maximum absolute atomic E-state index is 12.9. The summed E-state index contributed by atoms with van der Waals surface area (Å²) in [4.78, 5) is 12.9. The molecule has 0 bridgehead atoms. The standard InChI is InChI=1S/C18H18Cl2N2O3S/c1-12-4-7-14(8-5-12)26(24,25)22-10-2-3-17(22)18(23)21-16-11-13(19)6-9-15(16)20/h4-9,11,17H,2-3,10H2,1H3,(H,21,23)/t17-/m1/s1. The van der Waals surface area contributed by atoms with Crippen molar-refractivity contribution in [2.24, 2.45) is 0 Å². The van der Waals surface area contributed by atoms with Crippen LogP contribution in [0.5, 0.6) is 0 Å². The van der Waals surface area contributed by atoms with Crippen LogP contribution in [-0.2, 0) is 14.8 Å². The molecule has 1 atom stereocenters. The number of hydrogen-bond acceptors (Lipinski definition) is 3. The van der Waals surface area contributed by atoms with E-state index < -0.39 is 22.0 Å². The van der Waals surface area contributed by atoms with Crippen molar-refractivity contribution >= 4 is 44.8 Å². The molecule has 5 nitrogen and oxygen atoms in total. The zero-order valence-electron chi connectivity index (χ0n) is 14.1. The van der Waals surface area contributed by atoms with Gasteiger partial charge in [-0.15, -0.1) is 0 Å². The van der Waals surface area contributed by atoms with Gasteiger partial charge in [0, 0.05) is 11.6 Å². The number of nitrogens with one attached hydrogen (secondary N) is 1. The van der Waals surface area contributed by atoms with Crippen molar-refractivity contribution in [2.75, 3.05) is 11.9 Å². The summed E-state index contributed by atoms with van der Waals surface area (Å²) in [6, 6.07) is 10.6. The van der Waals surface area contributed by atoms with Crippen LogP contribution in [0.3, 0.4) is 0 Å². The third-order valence-electron chi connectivity index (χ3n) is 4.32. The average molecular weight is 413 g/mol.